The molecule has 0 aromatic carbocycles. The van der Waals surface area contributed by atoms with Crippen LogP contribution >= 0.6 is 0 Å². The highest BCUT2D eigenvalue weighted by Gasteiger charge is 2.14. The minimum Gasteiger partial charge on any atom is -0.390 e. The molecule has 0 amide bonds. The molecule has 0 saturated heterocycles. The van der Waals surface area contributed by atoms with Crippen LogP contribution in [0.4, 0.5) is 0 Å². The number of pyridine rings is 1. The number of aromatic nitrogens is 1. The van der Waals surface area contributed by atoms with Crippen LogP contribution in [-0.2, 0) is 6.42 Å². The second kappa shape index (κ2) is 4.09. The Labute approximate surface area is 86.0 Å². The SMILES string of the molecule is CC(C)c1ccc(CC(C)(C)O)nc1. The first-order chi connectivity index (χ1) is 6.38. The molecule has 1 N–H and O–H groups in total. The minimum atomic E-state index is -0.674. The summed E-state index contributed by atoms with van der Waals surface area (Å²) in [4.78, 5) is 4.33. The molecular formula is C12H19NO. The quantitative estimate of drug-likeness (QED) is 0.800. The topological polar surface area (TPSA) is 33.1 Å². The van der Waals surface area contributed by atoms with Crippen LogP contribution in [0.2, 0.25) is 0 Å². The van der Waals surface area contributed by atoms with Gasteiger partial charge in [-0.05, 0) is 31.4 Å². The molecule has 0 bridgehead atoms. The average Bonchev–Trinajstić information content (AvgIpc) is 2.02. The van der Waals surface area contributed by atoms with Gasteiger partial charge in [0.1, 0.15) is 0 Å². The summed E-state index contributed by atoms with van der Waals surface area (Å²) in [5, 5.41) is 9.61. The van der Waals surface area contributed by atoms with Gasteiger partial charge in [-0.3, -0.25) is 4.98 Å². The molecule has 0 fully saturated rings. The van der Waals surface area contributed by atoms with Gasteiger partial charge >= 0.3 is 0 Å². The maximum absolute atomic E-state index is 9.61. The van der Waals surface area contributed by atoms with Crippen molar-refractivity contribution in [1.29, 1.82) is 0 Å². The average molecular weight is 193 g/mol. The highest BCUT2D eigenvalue weighted by molar-refractivity contribution is 5.17. The van der Waals surface area contributed by atoms with E-state index >= 15 is 0 Å². The van der Waals surface area contributed by atoms with Gasteiger partial charge in [-0.15, -0.1) is 0 Å². The fourth-order valence-corrected chi connectivity index (χ4v) is 1.33. The third kappa shape index (κ3) is 3.46. The zero-order valence-electron chi connectivity index (χ0n) is 9.41. The van der Waals surface area contributed by atoms with Crippen LogP contribution in [0.1, 0.15) is 44.9 Å². The Kier molecular flexibility index (Phi) is 3.27. The molecule has 0 atom stereocenters. The number of aliphatic hydroxyl groups is 1. The van der Waals surface area contributed by atoms with Crippen molar-refractivity contribution in [2.24, 2.45) is 0 Å². The highest BCUT2D eigenvalue weighted by atomic mass is 16.3. The van der Waals surface area contributed by atoms with E-state index in [0.29, 0.717) is 12.3 Å². The summed E-state index contributed by atoms with van der Waals surface area (Å²) < 4.78 is 0. The normalized spacial score (nSPS) is 12.1. The van der Waals surface area contributed by atoms with Crippen molar-refractivity contribution in [3.63, 3.8) is 0 Å². The number of nitrogens with zero attached hydrogens (tertiary/aromatic N) is 1. The third-order valence-electron chi connectivity index (χ3n) is 2.13. The van der Waals surface area contributed by atoms with Crippen molar-refractivity contribution in [2.75, 3.05) is 0 Å². The Morgan fingerprint density at radius 1 is 1.36 bits per heavy atom. The van der Waals surface area contributed by atoms with Crippen molar-refractivity contribution in [3.8, 4) is 0 Å². The molecule has 1 heterocycles. The largest absolute Gasteiger partial charge is 0.390 e. The second-order valence-corrected chi connectivity index (χ2v) is 4.73. The standard InChI is InChI=1S/C12H19NO/c1-9(2)10-5-6-11(13-8-10)7-12(3,4)14/h5-6,8-9,14H,7H2,1-4H3. The zero-order valence-corrected chi connectivity index (χ0v) is 9.41. The van der Waals surface area contributed by atoms with Gasteiger partial charge in [0.15, 0.2) is 0 Å². The molecule has 1 rings (SSSR count). The van der Waals surface area contributed by atoms with E-state index in [0.717, 1.165) is 5.69 Å². The Bertz CT molecular complexity index is 282. The Morgan fingerprint density at radius 2 is 2.00 bits per heavy atom. The fraction of sp³-hybridized carbons (Fsp3) is 0.583. The van der Waals surface area contributed by atoms with Gasteiger partial charge in [-0.2, -0.15) is 0 Å². The van der Waals surface area contributed by atoms with Crippen molar-refractivity contribution >= 4 is 0 Å². The van der Waals surface area contributed by atoms with Crippen LogP contribution in [0, 0.1) is 0 Å². The third-order valence-corrected chi connectivity index (χ3v) is 2.13. The number of rotatable bonds is 3. The van der Waals surface area contributed by atoms with E-state index < -0.39 is 5.60 Å². The van der Waals surface area contributed by atoms with Crippen molar-refractivity contribution in [1.82, 2.24) is 4.98 Å². The van der Waals surface area contributed by atoms with E-state index in [9.17, 15) is 5.11 Å². The van der Waals surface area contributed by atoms with Crippen molar-refractivity contribution < 1.29 is 5.11 Å². The van der Waals surface area contributed by atoms with Crippen LogP contribution in [0.15, 0.2) is 18.3 Å². The number of hydrogen-bond donors (Lipinski definition) is 1. The second-order valence-electron chi connectivity index (χ2n) is 4.73. The summed E-state index contributed by atoms with van der Waals surface area (Å²) in [5.41, 5.74) is 1.51. The first-order valence-corrected chi connectivity index (χ1v) is 5.06. The lowest BCUT2D eigenvalue weighted by molar-refractivity contribution is 0.0799. The molecule has 2 nitrogen and oxygen atoms in total. The monoisotopic (exact) mass is 193 g/mol. The number of hydrogen-bond acceptors (Lipinski definition) is 2. The predicted octanol–water partition coefficient (Wildman–Crippen LogP) is 2.52. The summed E-state index contributed by atoms with van der Waals surface area (Å²) in [7, 11) is 0. The molecule has 0 aliphatic rings. The molecule has 0 spiro atoms. The Balaban J connectivity index is 2.74. The van der Waals surface area contributed by atoms with Crippen LogP contribution in [0.5, 0.6) is 0 Å². The first kappa shape index (κ1) is 11.2. The summed E-state index contributed by atoms with van der Waals surface area (Å²) >= 11 is 0. The molecule has 1 aromatic heterocycles. The summed E-state index contributed by atoms with van der Waals surface area (Å²) in [6, 6.07) is 4.08. The van der Waals surface area contributed by atoms with Crippen LogP contribution in [0.3, 0.4) is 0 Å². The molecule has 0 radical (unpaired) electrons. The van der Waals surface area contributed by atoms with E-state index in [1.807, 2.05) is 12.3 Å². The minimum absolute atomic E-state index is 0.513. The van der Waals surface area contributed by atoms with E-state index in [4.69, 9.17) is 0 Å². The van der Waals surface area contributed by atoms with Gasteiger partial charge in [0.05, 0.1) is 5.60 Å². The lowest BCUT2D eigenvalue weighted by atomic mass is 10.0. The van der Waals surface area contributed by atoms with Crippen molar-refractivity contribution in [3.05, 3.63) is 29.6 Å². The molecule has 0 aliphatic carbocycles. The van der Waals surface area contributed by atoms with Crippen LogP contribution in [0.25, 0.3) is 0 Å². The maximum atomic E-state index is 9.61. The van der Waals surface area contributed by atoms with Crippen molar-refractivity contribution in [2.45, 2.75) is 45.6 Å². The van der Waals surface area contributed by atoms with Crippen LogP contribution < -0.4 is 0 Å². The molecule has 0 aliphatic heterocycles. The van der Waals surface area contributed by atoms with Crippen LogP contribution in [-0.4, -0.2) is 15.7 Å². The maximum Gasteiger partial charge on any atom is 0.0647 e. The first-order valence-electron chi connectivity index (χ1n) is 5.06. The van der Waals surface area contributed by atoms with E-state index in [2.05, 4.69) is 24.9 Å². The van der Waals surface area contributed by atoms with E-state index in [1.165, 1.54) is 5.56 Å². The molecule has 2 heteroatoms. The highest BCUT2D eigenvalue weighted by Crippen LogP contribution is 2.15. The Morgan fingerprint density at radius 3 is 2.36 bits per heavy atom. The fourth-order valence-electron chi connectivity index (χ4n) is 1.33. The van der Waals surface area contributed by atoms with Gasteiger partial charge < -0.3 is 5.11 Å². The molecule has 78 valence electrons. The molecule has 0 saturated carbocycles. The van der Waals surface area contributed by atoms with Gasteiger partial charge in [0, 0.05) is 18.3 Å². The zero-order chi connectivity index (χ0) is 10.8. The van der Waals surface area contributed by atoms with Gasteiger partial charge in [-0.25, -0.2) is 0 Å². The molecule has 14 heavy (non-hydrogen) atoms. The smallest absolute Gasteiger partial charge is 0.0647 e. The van der Waals surface area contributed by atoms with Gasteiger partial charge in [-0.1, -0.05) is 19.9 Å². The lowest BCUT2D eigenvalue weighted by Gasteiger charge is -2.16. The predicted molar refractivity (Wildman–Crippen MR) is 58.3 cm³/mol. The summed E-state index contributed by atoms with van der Waals surface area (Å²) in [6.07, 6.45) is 2.50. The van der Waals surface area contributed by atoms with E-state index in [1.54, 1.807) is 13.8 Å². The summed E-state index contributed by atoms with van der Waals surface area (Å²) in [5.74, 6) is 0.513. The van der Waals surface area contributed by atoms with Gasteiger partial charge in [0.2, 0.25) is 0 Å². The van der Waals surface area contributed by atoms with Gasteiger partial charge in [0.25, 0.3) is 0 Å². The molecular weight excluding hydrogens is 174 g/mol. The van der Waals surface area contributed by atoms with E-state index in [-0.39, 0.29) is 0 Å². The lowest BCUT2D eigenvalue weighted by Crippen LogP contribution is -2.22. The Hall–Kier alpha value is -0.890. The summed E-state index contributed by atoms with van der Waals surface area (Å²) in [6.45, 7) is 7.88. The molecule has 1 aromatic rings. The molecule has 0 unspecified atom stereocenters.